The Morgan fingerprint density at radius 2 is 1.86 bits per heavy atom. The highest BCUT2D eigenvalue weighted by molar-refractivity contribution is 6.04. The SMILES string of the molecule is Cc1ccccc1C1=NN(C(=O)CCC(=O)O)[C@@H](c2cccc3nccnc23)C1. The first-order valence-corrected chi connectivity index (χ1v) is 9.41. The van der Waals surface area contributed by atoms with E-state index in [-0.39, 0.29) is 24.8 Å². The van der Waals surface area contributed by atoms with Crippen LogP contribution in [-0.4, -0.2) is 37.7 Å². The molecule has 1 amide bonds. The average molecular weight is 388 g/mol. The van der Waals surface area contributed by atoms with Crippen LogP contribution in [0.5, 0.6) is 0 Å². The first-order chi connectivity index (χ1) is 14.0. The van der Waals surface area contributed by atoms with Crippen molar-refractivity contribution in [1.82, 2.24) is 15.0 Å². The number of aliphatic carboxylic acids is 1. The molecule has 0 spiro atoms. The highest BCUT2D eigenvalue weighted by atomic mass is 16.4. The molecule has 1 atom stereocenters. The zero-order valence-electron chi connectivity index (χ0n) is 15.9. The number of carbonyl (C=O) groups is 2. The maximum Gasteiger partial charge on any atom is 0.303 e. The first-order valence-electron chi connectivity index (χ1n) is 9.41. The molecule has 0 fully saturated rings. The number of carbonyl (C=O) groups excluding carboxylic acids is 1. The predicted octanol–water partition coefficient (Wildman–Crippen LogP) is 3.48. The van der Waals surface area contributed by atoms with E-state index in [9.17, 15) is 9.59 Å². The van der Waals surface area contributed by atoms with Gasteiger partial charge in [0.25, 0.3) is 0 Å². The van der Waals surface area contributed by atoms with E-state index in [4.69, 9.17) is 5.11 Å². The Morgan fingerprint density at radius 1 is 1.07 bits per heavy atom. The van der Waals surface area contributed by atoms with Crippen LogP contribution in [0.3, 0.4) is 0 Å². The van der Waals surface area contributed by atoms with Crippen molar-refractivity contribution in [3.05, 3.63) is 71.5 Å². The van der Waals surface area contributed by atoms with Crippen molar-refractivity contribution in [2.24, 2.45) is 5.10 Å². The normalized spacial score (nSPS) is 16.1. The second kappa shape index (κ2) is 7.79. The van der Waals surface area contributed by atoms with Crippen LogP contribution in [0.15, 0.2) is 60.0 Å². The van der Waals surface area contributed by atoms with Crippen LogP contribution in [0.4, 0.5) is 0 Å². The van der Waals surface area contributed by atoms with E-state index in [1.807, 2.05) is 49.4 Å². The van der Waals surface area contributed by atoms with Crippen molar-refractivity contribution in [2.45, 2.75) is 32.2 Å². The predicted molar refractivity (Wildman–Crippen MR) is 108 cm³/mol. The van der Waals surface area contributed by atoms with Crippen LogP contribution in [0.1, 0.15) is 42.0 Å². The summed E-state index contributed by atoms with van der Waals surface area (Å²) < 4.78 is 0. The molecule has 2 heterocycles. The smallest absolute Gasteiger partial charge is 0.303 e. The number of hydrazone groups is 1. The van der Waals surface area contributed by atoms with E-state index in [2.05, 4.69) is 15.1 Å². The summed E-state index contributed by atoms with van der Waals surface area (Å²) in [5, 5.41) is 15.0. The number of para-hydroxylation sites is 1. The van der Waals surface area contributed by atoms with Gasteiger partial charge in [0.2, 0.25) is 5.91 Å². The molecule has 0 radical (unpaired) electrons. The lowest BCUT2D eigenvalue weighted by Gasteiger charge is -2.22. The minimum absolute atomic E-state index is 0.104. The molecule has 7 nitrogen and oxygen atoms in total. The maximum absolute atomic E-state index is 12.9. The van der Waals surface area contributed by atoms with Gasteiger partial charge in [-0.2, -0.15) is 5.10 Å². The summed E-state index contributed by atoms with van der Waals surface area (Å²) >= 11 is 0. The number of carboxylic acid groups (broad SMARTS) is 1. The van der Waals surface area contributed by atoms with Crippen LogP contribution in [0, 0.1) is 6.92 Å². The summed E-state index contributed by atoms with van der Waals surface area (Å²) in [6, 6.07) is 13.2. The monoisotopic (exact) mass is 388 g/mol. The summed E-state index contributed by atoms with van der Waals surface area (Å²) in [6.07, 6.45) is 3.45. The van der Waals surface area contributed by atoms with E-state index in [1.165, 1.54) is 5.01 Å². The fourth-order valence-corrected chi connectivity index (χ4v) is 3.65. The van der Waals surface area contributed by atoms with Crippen molar-refractivity contribution >= 4 is 28.6 Å². The number of hydrogen-bond donors (Lipinski definition) is 1. The number of amides is 1. The first kappa shape index (κ1) is 18.7. The van der Waals surface area contributed by atoms with Gasteiger partial charge in [0.15, 0.2) is 0 Å². The number of benzene rings is 2. The van der Waals surface area contributed by atoms with Crippen LogP contribution in [-0.2, 0) is 9.59 Å². The van der Waals surface area contributed by atoms with Crippen LogP contribution in [0.25, 0.3) is 11.0 Å². The van der Waals surface area contributed by atoms with Crippen molar-refractivity contribution < 1.29 is 14.7 Å². The number of rotatable bonds is 5. The average Bonchev–Trinajstić information content (AvgIpc) is 3.17. The minimum Gasteiger partial charge on any atom is -0.481 e. The molecule has 1 aliphatic heterocycles. The molecule has 0 unspecified atom stereocenters. The van der Waals surface area contributed by atoms with Crippen LogP contribution >= 0.6 is 0 Å². The van der Waals surface area contributed by atoms with Crippen molar-refractivity contribution in [2.75, 3.05) is 0 Å². The molecule has 0 bridgehead atoms. The van der Waals surface area contributed by atoms with Gasteiger partial charge >= 0.3 is 5.97 Å². The summed E-state index contributed by atoms with van der Waals surface area (Å²) in [6.45, 7) is 2.01. The molecule has 7 heteroatoms. The van der Waals surface area contributed by atoms with Gasteiger partial charge in [0.05, 0.1) is 29.2 Å². The Bertz CT molecular complexity index is 1120. The van der Waals surface area contributed by atoms with E-state index in [0.717, 1.165) is 33.4 Å². The molecule has 29 heavy (non-hydrogen) atoms. The highest BCUT2D eigenvalue weighted by Crippen LogP contribution is 2.36. The molecule has 1 aliphatic rings. The number of hydrogen-bond acceptors (Lipinski definition) is 5. The third kappa shape index (κ3) is 3.71. The molecule has 4 rings (SSSR count). The Balaban J connectivity index is 1.76. The molecule has 1 aromatic heterocycles. The zero-order valence-corrected chi connectivity index (χ0v) is 15.9. The Hall–Kier alpha value is -3.61. The number of aromatic nitrogens is 2. The van der Waals surface area contributed by atoms with E-state index in [1.54, 1.807) is 12.4 Å². The second-order valence-corrected chi connectivity index (χ2v) is 6.98. The quantitative estimate of drug-likeness (QED) is 0.722. The topological polar surface area (TPSA) is 95.8 Å². The fraction of sp³-hybridized carbons (Fsp3) is 0.227. The summed E-state index contributed by atoms with van der Waals surface area (Å²) in [5.74, 6) is -1.32. The van der Waals surface area contributed by atoms with Gasteiger partial charge in [0, 0.05) is 36.4 Å². The minimum atomic E-state index is -1.01. The van der Waals surface area contributed by atoms with Gasteiger partial charge in [-0.1, -0.05) is 36.4 Å². The number of carboxylic acids is 1. The van der Waals surface area contributed by atoms with E-state index < -0.39 is 5.97 Å². The maximum atomic E-state index is 12.9. The lowest BCUT2D eigenvalue weighted by molar-refractivity contribution is -0.141. The Morgan fingerprint density at radius 3 is 2.66 bits per heavy atom. The Kier molecular flexibility index (Phi) is 5.03. The van der Waals surface area contributed by atoms with Gasteiger partial charge in [-0.3, -0.25) is 19.6 Å². The molecule has 0 saturated heterocycles. The van der Waals surface area contributed by atoms with Crippen molar-refractivity contribution in [1.29, 1.82) is 0 Å². The zero-order chi connectivity index (χ0) is 20.4. The number of fused-ring (bicyclic) bond motifs is 1. The molecule has 0 saturated carbocycles. The summed E-state index contributed by atoms with van der Waals surface area (Å²) in [4.78, 5) is 32.6. The fourth-order valence-electron chi connectivity index (χ4n) is 3.65. The van der Waals surface area contributed by atoms with Gasteiger partial charge in [0.1, 0.15) is 0 Å². The Labute approximate surface area is 167 Å². The van der Waals surface area contributed by atoms with Gasteiger partial charge < -0.3 is 5.11 Å². The van der Waals surface area contributed by atoms with Gasteiger partial charge in [-0.05, 0) is 18.6 Å². The molecular formula is C22H20N4O3. The largest absolute Gasteiger partial charge is 0.481 e. The molecule has 3 aromatic rings. The van der Waals surface area contributed by atoms with Gasteiger partial charge in [-0.25, -0.2) is 5.01 Å². The lowest BCUT2D eigenvalue weighted by atomic mass is 9.95. The molecule has 1 N–H and O–H groups in total. The van der Waals surface area contributed by atoms with Crippen molar-refractivity contribution in [3.63, 3.8) is 0 Å². The number of nitrogens with zero attached hydrogens (tertiary/aromatic N) is 4. The standard InChI is InChI=1S/C22H20N4O3/c1-14-5-2-3-6-15(14)18-13-19(26(25-18)20(27)9-10-21(28)29)16-7-4-8-17-22(16)24-12-11-23-17/h2-8,11-12,19H,9-10,13H2,1H3,(H,28,29)/t19-/m1/s1. The lowest BCUT2D eigenvalue weighted by Crippen LogP contribution is -2.27. The molecule has 0 aliphatic carbocycles. The van der Waals surface area contributed by atoms with Crippen LogP contribution < -0.4 is 0 Å². The van der Waals surface area contributed by atoms with Crippen LogP contribution in [0.2, 0.25) is 0 Å². The highest BCUT2D eigenvalue weighted by Gasteiger charge is 2.34. The van der Waals surface area contributed by atoms with E-state index in [0.29, 0.717) is 6.42 Å². The second-order valence-electron chi connectivity index (χ2n) is 6.98. The summed E-state index contributed by atoms with van der Waals surface area (Å²) in [7, 11) is 0. The third-order valence-electron chi connectivity index (χ3n) is 5.06. The van der Waals surface area contributed by atoms with Crippen molar-refractivity contribution in [3.8, 4) is 0 Å². The third-order valence-corrected chi connectivity index (χ3v) is 5.06. The molecular weight excluding hydrogens is 368 g/mol. The van der Waals surface area contributed by atoms with E-state index >= 15 is 0 Å². The number of aryl methyl sites for hydroxylation is 1. The molecule has 2 aromatic carbocycles. The summed E-state index contributed by atoms with van der Waals surface area (Å²) in [5.41, 5.74) is 5.17. The van der Waals surface area contributed by atoms with Gasteiger partial charge in [-0.15, -0.1) is 0 Å². The molecule has 146 valence electrons.